The molecule has 0 unspecified atom stereocenters. The lowest BCUT2D eigenvalue weighted by Crippen LogP contribution is -2.36. The molecule has 1 heterocycles. The minimum Gasteiger partial charge on any atom is -0.479 e. The molecule has 1 N–H and O–H groups in total. The molecule has 0 saturated carbocycles. The van der Waals surface area contributed by atoms with Gasteiger partial charge in [0.2, 0.25) is 11.8 Å². The van der Waals surface area contributed by atoms with Gasteiger partial charge in [0.05, 0.1) is 11.6 Å². The number of hydrogen-bond donors (Lipinski definition) is 1. The van der Waals surface area contributed by atoms with Crippen molar-refractivity contribution in [2.24, 2.45) is 0 Å². The molecule has 0 spiro atoms. The van der Waals surface area contributed by atoms with Crippen molar-refractivity contribution in [1.82, 2.24) is 15.5 Å². The summed E-state index contributed by atoms with van der Waals surface area (Å²) >= 11 is 11.9. The number of aryl methyl sites for hydroxylation is 1. The van der Waals surface area contributed by atoms with Crippen LogP contribution >= 0.6 is 23.2 Å². The Kier molecular flexibility index (Phi) is 5.98. The van der Waals surface area contributed by atoms with Crippen molar-refractivity contribution in [2.75, 3.05) is 0 Å². The summed E-state index contributed by atoms with van der Waals surface area (Å²) < 4.78 is 11.1. The fourth-order valence-electron chi connectivity index (χ4n) is 2.26. The summed E-state index contributed by atoms with van der Waals surface area (Å²) in [5, 5.41) is 11.5. The van der Waals surface area contributed by atoms with Crippen molar-refractivity contribution in [3.05, 3.63) is 64.0 Å². The Morgan fingerprint density at radius 2 is 1.93 bits per heavy atom. The zero-order chi connectivity index (χ0) is 19.4. The number of halogens is 2. The van der Waals surface area contributed by atoms with Gasteiger partial charge in [-0.15, -0.1) is 10.2 Å². The summed E-state index contributed by atoms with van der Waals surface area (Å²) in [5.41, 5.74) is 1.96. The van der Waals surface area contributed by atoms with Crippen molar-refractivity contribution < 1.29 is 13.9 Å². The van der Waals surface area contributed by atoms with Crippen molar-refractivity contribution >= 4 is 29.1 Å². The van der Waals surface area contributed by atoms with Gasteiger partial charge in [0.25, 0.3) is 5.91 Å². The first-order chi connectivity index (χ1) is 12.9. The molecule has 0 aliphatic rings. The third kappa shape index (κ3) is 4.99. The predicted octanol–water partition coefficient (Wildman–Crippen LogP) is 4.44. The Morgan fingerprint density at radius 1 is 1.19 bits per heavy atom. The smallest absolute Gasteiger partial charge is 0.261 e. The largest absolute Gasteiger partial charge is 0.479 e. The molecule has 1 atom stereocenters. The highest BCUT2D eigenvalue weighted by Gasteiger charge is 2.17. The van der Waals surface area contributed by atoms with E-state index in [1.165, 1.54) is 0 Å². The molecule has 6 nitrogen and oxygen atoms in total. The summed E-state index contributed by atoms with van der Waals surface area (Å²) in [6.45, 7) is 3.71. The molecule has 1 aromatic heterocycles. The summed E-state index contributed by atoms with van der Waals surface area (Å²) in [5.74, 6) is 0.742. The van der Waals surface area contributed by atoms with E-state index in [1.54, 1.807) is 25.1 Å². The van der Waals surface area contributed by atoms with Gasteiger partial charge in [0.1, 0.15) is 5.75 Å². The van der Waals surface area contributed by atoms with Gasteiger partial charge in [-0.25, -0.2) is 0 Å². The quantitative estimate of drug-likeness (QED) is 0.655. The van der Waals surface area contributed by atoms with Crippen molar-refractivity contribution in [1.29, 1.82) is 0 Å². The van der Waals surface area contributed by atoms with E-state index in [2.05, 4.69) is 15.5 Å². The van der Waals surface area contributed by atoms with Gasteiger partial charge in [0.15, 0.2) is 6.10 Å². The maximum Gasteiger partial charge on any atom is 0.261 e. The SMILES string of the molecule is Cc1ccc(-c2nnc(CNC(=O)[C@@H](C)Oc3ccc(Cl)cc3Cl)o2)cc1. The topological polar surface area (TPSA) is 77.2 Å². The van der Waals surface area contributed by atoms with Crippen LogP contribution in [0.15, 0.2) is 46.9 Å². The molecular weight excluding hydrogens is 389 g/mol. The molecular formula is C19H17Cl2N3O3. The maximum atomic E-state index is 12.2. The van der Waals surface area contributed by atoms with Gasteiger partial charge in [-0.3, -0.25) is 4.79 Å². The van der Waals surface area contributed by atoms with Crippen LogP contribution in [-0.4, -0.2) is 22.2 Å². The standard InChI is InChI=1S/C19H17Cl2N3O3/c1-11-3-5-13(6-4-11)19-24-23-17(27-19)10-22-18(25)12(2)26-16-8-7-14(20)9-15(16)21/h3-9,12H,10H2,1-2H3,(H,22,25)/t12-/m1/s1. The third-order valence-electron chi connectivity index (χ3n) is 3.75. The summed E-state index contributed by atoms with van der Waals surface area (Å²) in [7, 11) is 0. The number of carbonyl (C=O) groups excluding carboxylic acids is 1. The number of hydrogen-bond acceptors (Lipinski definition) is 5. The summed E-state index contributed by atoms with van der Waals surface area (Å²) in [4.78, 5) is 12.2. The summed E-state index contributed by atoms with van der Waals surface area (Å²) in [6, 6.07) is 12.5. The fourth-order valence-corrected chi connectivity index (χ4v) is 2.71. The maximum absolute atomic E-state index is 12.2. The number of ether oxygens (including phenoxy) is 1. The lowest BCUT2D eigenvalue weighted by Gasteiger charge is -2.15. The number of benzene rings is 2. The zero-order valence-electron chi connectivity index (χ0n) is 14.7. The average Bonchev–Trinajstić information content (AvgIpc) is 3.11. The average molecular weight is 406 g/mol. The molecule has 0 saturated heterocycles. The van der Waals surface area contributed by atoms with Gasteiger partial charge in [-0.1, -0.05) is 40.9 Å². The molecule has 140 valence electrons. The predicted molar refractivity (Wildman–Crippen MR) is 103 cm³/mol. The van der Waals surface area contributed by atoms with Crippen LogP contribution in [0.4, 0.5) is 0 Å². The minimum absolute atomic E-state index is 0.0970. The second-order valence-electron chi connectivity index (χ2n) is 5.92. The van der Waals surface area contributed by atoms with Gasteiger partial charge in [-0.05, 0) is 44.2 Å². The Labute approximate surface area is 166 Å². The zero-order valence-corrected chi connectivity index (χ0v) is 16.2. The van der Waals surface area contributed by atoms with E-state index in [1.807, 2.05) is 31.2 Å². The van der Waals surface area contributed by atoms with Gasteiger partial charge in [-0.2, -0.15) is 0 Å². The lowest BCUT2D eigenvalue weighted by atomic mass is 10.1. The number of nitrogens with one attached hydrogen (secondary N) is 1. The van der Waals surface area contributed by atoms with E-state index in [9.17, 15) is 4.79 Å². The van der Waals surface area contributed by atoms with E-state index in [0.29, 0.717) is 27.6 Å². The van der Waals surface area contributed by atoms with Gasteiger partial charge in [0, 0.05) is 10.6 Å². The first kappa shape index (κ1) is 19.2. The molecule has 0 fully saturated rings. The van der Waals surface area contributed by atoms with Crippen LogP contribution in [0.3, 0.4) is 0 Å². The molecule has 0 aliphatic carbocycles. The number of rotatable bonds is 6. The molecule has 1 amide bonds. The Morgan fingerprint density at radius 3 is 2.63 bits per heavy atom. The highest BCUT2D eigenvalue weighted by molar-refractivity contribution is 6.35. The number of nitrogens with zero attached hydrogens (tertiary/aromatic N) is 2. The van der Waals surface area contributed by atoms with Crippen LogP contribution in [-0.2, 0) is 11.3 Å². The van der Waals surface area contributed by atoms with Crippen LogP contribution in [0.5, 0.6) is 5.75 Å². The third-order valence-corrected chi connectivity index (χ3v) is 4.28. The molecule has 3 aromatic rings. The van der Waals surface area contributed by atoms with E-state index >= 15 is 0 Å². The van der Waals surface area contributed by atoms with Crippen molar-refractivity contribution in [2.45, 2.75) is 26.5 Å². The molecule has 0 aliphatic heterocycles. The fraction of sp³-hybridized carbons (Fsp3) is 0.211. The van der Waals surface area contributed by atoms with E-state index in [0.717, 1.165) is 11.1 Å². The monoisotopic (exact) mass is 405 g/mol. The van der Waals surface area contributed by atoms with Crippen molar-refractivity contribution in [3.63, 3.8) is 0 Å². The highest BCUT2D eigenvalue weighted by Crippen LogP contribution is 2.28. The first-order valence-electron chi connectivity index (χ1n) is 8.21. The number of amides is 1. The van der Waals surface area contributed by atoms with Crippen molar-refractivity contribution in [3.8, 4) is 17.2 Å². The molecule has 3 rings (SSSR count). The molecule has 8 heteroatoms. The molecule has 27 heavy (non-hydrogen) atoms. The van der Waals surface area contributed by atoms with Crippen LogP contribution < -0.4 is 10.1 Å². The lowest BCUT2D eigenvalue weighted by molar-refractivity contribution is -0.127. The normalized spacial score (nSPS) is 11.9. The molecule has 0 bridgehead atoms. The van der Waals surface area contributed by atoms with Gasteiger partial charge >= 0.3 is 0 Å². The summed E-state index contributed by atoms with van der Waals surface area (Å²) in [6.07, 6.45) is -0.761. The van der Waals surface area contributed by atoms with E-state index < -0.39 is 6.10 Å². The molecule has 2 aromatic carbocycles. The van der Waals surface area contributed by atoms with Crippen LogP contribution in [0.1, 0.15) is 18.4 Å². The number of carbonyl (C=O) groups is 1. The second kappa shape index (κ2) is 8.41. The van der Waals surface area contributed by atoms with Crippen LogP contribution in [0, 0.1) is 6.92 Å². The van der Waals surface area contributed by atoms with Crippen LogP contribution in [0.25, 0.3) is 11.5 Å². The van der Waals surface area contributed by atoms with E-state index in [-0.39, 0.29) is 12.5 Å². The Bertz CT molecular complexity index is 942. The number of aromatic nitrogens is 2. The first-order valence-corrected chi connectivity index (χ1v) is 8.97. The highest BCUT2D eigenvalue weighted by atomic mass is 35.5. The van der Waals surface area contributed by atoms with Gasteiger partial charge < -0.3 is 14.5 Å². The molecule has 0 radical (unpaired) electrons. The Balaban J connectivity index is 1.56. The second-order valence-corrected chi connectivity index (χ2v) is 6.76. The van der Waals surface area contributed by atoms with E-state index in [4.69, 9.17) is 32.4 Å². The minimum atomic E-state index is -0.761. The van der Waals surface area contributed by atoms with Crippen LogP contribution in [0.2, 0.25) is 10.0 Å². The Hall–Kier alpha value is -2.57.